The molecule has 0 spiro atoms. The number of hydrogen-bond acceptors (Lipinski definition) is 5. The van der Waals surface area contributed by atoms with E-state index in [0.29, 0.717) is 18.8 Å². The Hall–Kier alpha value is -3.28. The Morgan fingerprint density at radius 3 is 2.54 bits per heavy atom. The molecule has 0 atom stereocenters. The van der Waals surface area contributed by atoms with Crippen molar-refractivity contribution >= 4 is 17.4 Å². The summed E-state index contributed by atoms with van der Waals surface area (Å²) in [5, 5.41) is 6.30. The van der Waals surface area contributed by atoms with Crippen LogP contribution >= 0.6 is 0 Å². The van der Waals surface area contributed by atoms with Crippen molar-refractivity contribution < 1.29 is 4.79 Å². The second-order valence-electron chi connectivity index (χ2n) is 6.70. The van der Waals surface area contributed by atoms with Crippen molar-refractivity contribution in [2.75, 3.05) is 10.6 Å². The Labute approximate surface area is 165 Å². The molecule has 6 nitrogen and oxygen atoms in total. The molecular weight excluding hydrogens is 350 g/mol. The molecule has 144 valence electrons. The van der Waals surface area contributed by atoms with E-state index in [0.717, 1.165) is 40.3 Å². The van der Waals surface area contributed by atoms with Gasteiger partial charge in [-0.2, -0.15) is 0 Å². The lowest BCUT2D eigenvalue weighted by atomic mass is 10.2. The van der Waals surface area contributed by atoms with E-state index in [2.05, 4.69) is 25.6 Å². The Bertz CT molecular complexity index is 939. The zero-order valence-corrected chi connectivity index (χ0v) is 16.5. The molecule has 3 aromatic rings. The number of aryl methyl sites for hydroxylation is 1. The molecule has 0 radical (unpaired) electrons. The Morgan fingerprint density at radius 2 is 1.86 bits per heavy atom. The van der Waals surface area contributed by atoms with Crippen LogP contribution in [-0.4, -0.2) is 20.9 Å². The van der Waals surface area contributed by atoms with Crippen LogP contribution in [0.25, 0.3) is 11.4 Å². The van der Waals surface area contributed by atoms with Crippen LogP contribution in [0, 0.1) is 13.8 Å². The highest BCUT2D eigenvalue weighted by molar-refractivity contribution is 5.90. The molecule has 2 aromatic heterocycles. The SMILES string of the molecule is CCCC(=O)Nc1ccc(CNc2nc(-c3cccnc3)nc(C)c2C)cc1. The van der Waals surface area contributed by atoms with E-state index in [9.17, 15) is 4.79 Å². The number of anilines is 2. The average molecular weight is 375 g/mol. The minimum Gasteiger partial charge on any atom is -0.366 e. The van der Waals surface area contributed by atoms with Gasteiger partial charge in [-0.1, -0.05) is 19.1 Å². The first kappa shape index (κ1) is 19.5. The maximum Gasteiger partial charge on any atom is 0.224 e. The number of nitrogens with one attached hydrogen (secondary N) is 2. The average Bonchev–Trinajstić information content (AvgIpc) is 2.71. The first-order chi connectivity index (χ1) is 13.6. The molecule has 0 aliphatic carbocycles. The number of rotatable bonds is 7. The van der Waals surface area contributed by atoms with Crippen LogP contribution in [0.1, 0.15) is 36.6 Å². The fraction of sp³-hybridized carbons (Fsp3) is 0.273. The first-order valence-corrected chi connectivity index (χ1v) is 9.45. The van der Waals surface area contributed by atoms with Gasteiger partial charge in [-0.05, 0) is 50.1 Å². The zero-order valence-electron chi connectivity index (χ0n) is 16.5. The zero-order chi connectivity index (χ0) is 19.9. The summed E-state index contributed by atoms with van der Waals surface area (Å²) in [7, 11) is 0. The molecule has 6 heteroatoms. The molecule has 28 heavy (non-hydrogen) atoms. The summed E-state index contributed by atoms with van der Waals surface area (Å²) in [6.07, 6.45) is 4.87. The highest BCUT2D eigenvalue weighted by Crippen LogP contribution is 2.21. The first-order valence-electron chi connectivity index (χ1n) is 9.45. The molecule has 0 fully saturated rings. The van der Waals surface area contributed by atoms with E-state index in [-0.39, 0.29) is 5.91 Å². The third-order valence-electron chi connectivity index (χ3n) is 4.48. The van der Waals surface area contributed by atoms with Gasteiger partial charge in [0.15, 0.2) is 5.82 Å². The number of pyridine rings is 1. The van der Waals surface area contributed by atoms with E-state index < -0.39 is 0 Å². The van der Waals surface area contributed by atoms with Gasteiger partial charge in [-0.3, -0.25) is 9.78 Å². The fourth-order valence-corrected chi connectivity index (χ4v) is 2.77. The van der Waals surface area contributed by atoms with E-state index >= 15 is 0 Å². The minimum absolute atomic E-state index is 0.0448. The molecule has 1 amide bonds. The van der Waals surface area contributed by atoms with Crippen LogP contribution in [0.2, 0.25) is 0 Å². The molecule has 0 aliphatic rings. The highest BCUT2D eigenvalue weighted by atomic mass is 16.1. The molecule has 3 rings (SSSR count). The molecule has 0 bridgehead atoms. The van der Waals surface area contributed by atoms with Gasteiger partial charge in [0.1, 0.15) is 5.82 Å². The summed E-state index contributed by atoms with van der Waals surface area (Å²) in [5.41, 5.74) is 4.77. The largest absolute Gasteiger partial charge is 0.366 e. The number of carbonyl (C=O) groups excluding carboxylic acids is 1. The minimum atomic E-state index is 0.0448. The second-order valence-corrected chi connectivity index (χ2v) is 6.70. The molecule has 2 N–H and O–H groups in total. The monoisotopic (exact) mass is 375 g/mol. The Morgan fingerprint density at radius 1 is 1.07 bits per heavy atom. The van der Waals surface area contributed by atoms with Crippen LogP contribution in [-0.2, 0) is 11.3 Å². The Balaban J connectivity index is 1.70. The predicted molar refractivity (Wildman–Crippen MR) is 112 cm³/mol. The van der Waals surface area contributed by atoms with E-state index in [1.807, 2.05) is 57.2 Å². The van der Waals surface area contributed by atoms with Crippen molar-refractivity contribution in [3.05, 3.63) is 65.6 Å². The summed E-state index contributed by atoms with van der Waals surface area (Å²) in [6.45, 7) is 6.62. The molecule has 1 aromatic carbocycles. The third-order valence-corrected chi connectivity index (χ3v) is 4.48. The number of nitrogens with zero attached hydrogens (tertiary/aromatic N) is 3. The smallest absolute Gasteiger partial charge is 0.224 e. The standard InChI is InChI=1S/C22H25N5O/c1-4-6-20(28)26-19-10-8-17(9-11-19)13-24-21-15(2)16(3)25-22(27-21)18-7-5-12-23-14-18/h5,7-12,14H,4,6,13H2,1-3H3,(H,26,28)(H,24,25,27). The molecule has 0 saturated heterocycles. The predicted octanol–water partition coefficient (Wildman–Crippen LogP) is 4.51. The van der Waals surface area contributed by atoms with Crippen LogP contribution in [0.3, 0.4) is 0 Å². The van der Waals surface area contributed by atoms with E-state index in [1.54, 1.807) is 12.4 Å². The van der Waals surface area contributed by atoms with Gasteiger partial charge < -0.3 is 10.6 Å². The summed E-state index contributed by atoms with van der Waals surface area (Å²) < 4.78 is 0. The maximum atomic E-state index is 11.7. The fourth-order valence-electron chi connectivity index (χ4n) is 2.77. The lowest BCUT2D eigenvalue weighted by molar-refractivity contribution is -0.116. The quantitative estimate of drug-likeness (QED) is 0.635. The maximum absolute atomic E-state index is 11.7. The van der Waals surface area contributed by atoms with Crippen LogP contribution in [0.4, 0.5) is 11.5 Å². The van der Waals surface area contributed by atoms with Gasteiger partial charge in [-0.15, -0.1) is 0 Å². The van der Waals surface area contributed by atoms with Crippen LogP contribution in [0.5, 0.6) is 0 Å². The number of amides is 1. The lowest BCUT2D eigenvalue weighted by Gasteiger charge is -2.13. The van der Waals surface area contributed by atoms with Crippen LogP contribution in [0.15, 0.2) is 48.8 Å². The van der Waals surface area contributed by atoms with Gasteiger partial charge in [0.2, 0.25) is 5.91 Å². The molecule has 0 saturated carbocycles. The number of aromatic nitrogens is 3. The number of benzene rings is 1. The van der Waals surface area contributed by atoms with E-state index in [4.69, 9.17) is 0 Å². The highest BCUT2D eigenvalue weighted by Gasteiger charge is 2.10. The molecule has 0 aliphatic heterocycles. The summed E-state index contributed by atoms with van der Waals surface area (Å²) in [4.78, 5) is 25.1. The van der Waals surface area contributed by atoms with Crippen molar-refractivity contribution in [2.24, 2.45) is 0 Å². The number of hydrogen-bond donors (Lipinski definition) is 2. The van der Waals surface area contributed by atoms with Crippen LogP contribution < -0.4 is 10.6 Å². The number of carbonyl (C=O) groups is 1. The summed E-state index contributed by atoms with van der Waals surface area (Å²) in [5.74, 6) is 1.52. The summed E-state index contributed by atoms with van der Waals surface area (Å²) >= 11 is 0. The second kappa shape index (κ2) is 9.08. The lowest BCUT2D eigenvalue weighted by Crippen LogP contribution is -2.10. The van der Waals surface area contributed by atoms with Crippen molar-refractivity contribution in [1.29, 1.82) is 0 Å². The van der Waals surface area contributed by atoms with Crippen molar-refractivity contribution in [2.45, 2.75) is 40.2 Å². The Kier molecular flexibility index (Phi) is 6.32. The van der Waals surface area contributed by atoms with Gasteiger partial charge in [-0.25, -0.2) is 9.97 Å². The van der Waals surface area contributed by atoms with Crippen molar-refractivity contribution in [1.82, 2.24) is 15.0 Å². The van der Waals surface area contributed by atoms with Gasteiger partial charge in [0, 0.05) is 47.9 Å². The van der Waals surface area contributed by atoms with Gasteiger partial charge in [0.25, 0.3) is 0 Å². The van der Waals surface area contributed by atoms with Crippen molar-refractivity contribution in [3.8, 4) is 11.4 Å². The molecule has 0 unspecified atom stereocenters. The van der Waals surface area contributed by atoms with Gasteiger partial charge in [0.05, 0.1) is 0 Å². The molecular formula is C22H25N5O. The van der Waals surface area contributed by atoms with Gasteiger partial charge >= 0.3 is 0 Å². The van der Waals surface area contributed by atoms with E-state index in [1.165, 1.54) is 0 Å². The third kappa shape index (κ3) is 4.91. The topological polar surface area (TPSA) is 79.8 Å². The van der Waals surface area contributed by atoms with Crippen molar-refractivity contribution in [3.63, 3.8) is 0 Å². The molecule has 2 heterocycles. The summed E-state index contributed by atoms with van der Waals surface area (Å²) in [6, 6.07) is 11.7. The normalized spacial score (nSPS) is 10.5.